The summed E-state index contributed by atoms with van der Waals surface area (Å²) < 4.78 is 10.7. The maximum Gasteiger partial charge on any atom is 0.242 e. The summed E-state index contributed by atoms with van der Waals surface area (Å²) in [5.74, 6) is 1.19. The van der Waals surface area contributed by atoms with Crippen LogP contribution in [-0.4, -0.2) is 50.3 Å². The van der Waals surface area contributed by atoms with Crippen molar-refractivity contribution in [3.8, 4) is 5.75 Å². The first-order chi connectivity index (χ1) is 12.2. The average Bonchev–Trinajstić information content (AvgIpc) is 2.52. The Hall–Kier alpha value is -2.28. The number of carbonyl (C=O) groups is 1. The van der Waals surface area contributed by atoms with Crippen molar-refractivity contribution in [2.24, 2.45) is 4.99 Å². The van der Waals surface area contributed by atoms with Gasteiger partial charge in [-0.25, -0.2) is 4.99 Å². The molecule has 0 radical (unpaired) electrons. The van der Waals surface area contributed by atoms with E-state index in [0.29, 0.717) is 19.1 Å². The molecule has 0 atom stereocenters. The predicted molar refractivity (Wildman–Crippen MR) is 106 cm³/mol. The molecule has 1 amide bonds. The van der Waals surface area contributed by atoms with Gasteiger partial charge in [0.15, 0.2) is 5.96 Å². The average molecular weight is 364 g/mol. The Labute approximate surface area is 156 Å². The minimum atomic E-state index is -0.282. The number of hydrogen-bond donors (Lipinski definition) is 3. The number of amides is 1. The Bertz CT molecular complexity index is 577. The van der Waals surface area contributed by atoms with Crippen LogP contribution in [0.15, 0.2) is 29.3 Å². The van der Waals surface area contributed by atoms with E-state index < -0.39 is 0 Å². The molecule has 0 saturated heterocycles. The van der Waals surface area contributed by atoms with Gasteiger partial charge >= 0.3 is 0 Å². The number of benzene rings is 1. The topological polar surface area (TPSA) is 84.0 Å². The number of anilines is 1. The maximum absolute atomic E-state index is 12.0. The molecule has 0 fully saturated rings. The van der Waals surface area contributed by atoms with Gasteiger partial charge in [0.1, 0.15) is 12.3 Å². The molecule has 1 rings (SSSR count). The molecule has 0 bridgehead atoms. The fourth-order valence-electron chi connectivity index (χ4n) is 2.05. The molecule has 0 heterocycles. The molecule has 3 N–H and O–H groups in total. The summed E-state index contributed by atoms with van der Waals surface area (Å²) in [6.45, 7) is 10.9. The normalized spacial score (nSPS) is 12.0. The third-order valence-corrected chi connectivity index (χ3v) is 2.98. The second-order valence-electron chi connectivity index (χ2n) is 7.20. The lowest BCUT2D eigenvalue weighted by atomic mass is 10.1. The van der Waals surface area contributed by atoms with Crippen molar-refractivity contribution in [2.45, 2.75) is 46.3 Å². The van der Waals surface area contributed by atoms with Crippen LogP contribution in [0.4, 0.5) is 5.69 Å². The lowest BCUT2D eigenvalue weighted by Crippen LogP contribution is -2.42. The zero-order valence-electron chi connectivity index (χ0n) is 16.7. The molecule has 0 aromatic heterocycles. The molecule has 146 valence electrons. The van der Waals surface area contributed by atoms with Crippen LogP contribution in [0.1, 0.15) is 34.6 Å². The fraction of sp³-hybridized carbons (Fsp3) is 0.579. The summed E-state index contributed by atoms with van der Waals surface area (Å²) >= 11 is 0. The van der Waals surface area contributed by atoms with Crippen molar-refractivity contribution in [2.75, 3.05) is 32.1 Å². The third kappa shape index (κ3) is 9.88. The molecule has 7 nitrogen and oxygen atoms in total. The highest BCUT2D eigenvalue weighted by Gasteiger charge is 2.13. The number of aliphatic imine (C=N–C) groups is 1. The van der Waals surface area contributed by atoms with Crippen LogP contribution in [-0.2, 0) is 9.53 Å². The van der Waals surface area contributed by atoms with Gasteiger partial charge < -0.3 is 25.4 Å². The summed E-state index contributed by atoms with van der Waals surface area (Å²) in [5, 5.41) is 9.21. The second kappa shape index (κ2) is 10.7. The highest BCUT2D eigenvalue weighted by atomic mass is 16.5. The van der Waals surface area contributed by atoms with E-state index in [9.17, 15) is 4.79 Å². The van der Waals surface area contributed by atoms with Crippen molar-refractivity contribution < 1.29 is 14.3 Å². The van der Waals surface area contributed by atoms with E-state index in [1.807, 2.05) is 58.9 Å². The van der Waals surface area contributed by atoms with Crippen molar-refractivity contribution in [3.05, 3.63) is 24.3 Å². The zero-order chi connectivity index (χ0) is 19.6. The highest BCUT2D eigenvalue weighted by molar-refractivity contribution is 5.95. The molecule has 0 aliphatic carbocycles. The van der Waals surface area contributed by atoms with Gasteiger partial charge in [0.05, 0.1) is 12.7 Å². The molecule has 0 spiro atoms. The second-order valence-corrected chi connectivity index (χ2v) is 7.20. The molecule has 1 aromatic rings. The van der Waals surface area contributed by atoms with Gasteiger partial charge in [0.25, 0.3) is 0 Å². The van der Waals surface area contributed by atoms with Gasteiger partial charge in [-0.3, -0.25) is 4.79 Å². The summed E-state index contributed by atoms with van der Waals surface area (Å²) in [4.78, 5) is 16.3. The number of nitrogens with zero attached hydrogens (tertiary/aromatic N) is 1. The van der Waals surface area contributed by atoms with E-state index in [0.717, 1.165) is 11.4 Å². The number of hydrogen-bond acceptors (Lipinski definition) is 4. The SMILES string of the molecule is COCCNC(=NCC(=O)NC(C)(C)C)Nc1ccc(OC(C)C)cc1. The van der Waals surface area contributed by atoms with Gasteiger partial charge in [0.2, 0.25) is 5.91 Å². The fourth-order valence-corrected chi connectivity index (χ4v) is 2.05. The van der Waals surface area contributed by atoms with E-state index in [1.165, 1.54) is 0 Å². The van der Waals surface area contributed by atoms with Gasteiger partial charge in [-0.15, -0.1) is 0 Å². The zero-order valence-corrected chi connectivity index (χ0v) is 16.7. The third-order valence-electron chi connectivity index (χ3n) is 2.98. The smallest absolute Gasteiger partial charge is 0.242 e. The van der Waals surface area contributed by atoms with Crippen molar-refractivity contribution >= 4 is 17.6 Å². The molecule has 0 saturated carbocycles. The molecule has 1 aromatic carbocycles. The number of methoxy groups -OCH3 is 1. The Morgan fingerprint density at radius 3 is 2.38 bits per heavy atom. The first-order valence-corrected chi connectivity index (χ1v) is 8.81. The van der Waals surface area contributed by atoms with E-state index >= 15 is 0 Å². The molecule has 26 heavy (non-hydrogen) atoms. The van der Waals surface area contributed by atoms with E-state index in [4.69, 9.17) is 9.47 Å². The summed E-state index contributed by atoms with van der Waals surface area (Å²) in [6, 6.07) is 7.59. The van der Waals surface area contributed by atoms with Crippen LogP contribution in [0, 0.1) is 0 Å². The highest BCUT2D eigenvalue weighted by Crippen LogP contribution is 2.16. The molecule has 0 aliphatic heterocycles. The maximum atomic E-state index is 12.0. The summed E-state index contributed by atoms with van der Waals surface area (Å²) in [6.07, 6.45) is 0.128. The Balaban J connectivity index is 2.72. The van der Waals surface area contributed by atoms with E-state index in [-0.39, 0.29) is 24.1 Å². The summed E-state index contributed by atoms with van der Waals surface area (Å²) in [7, 11) is 1.64. The quantitative estimate of drug-likeness (QED) is 0.375. The van der Waals surface area contributed by atoms with Gasteiger partial charge in [0, 0.05) is 24.9 Å². The van der Waals surface area contributed by atoms with Crippen molar-refractivity contribution in [1.82, 2.24) is 10.6 Å². The lowest BCUT2D eigenvalue weighted by Gasteiger charge is -2.20. The number of guanidine groups is 1. The number of nitrogens with one attached hydrogen (secondary N) is 3. The molecule has 7 heteroatoms. The Kier molecular flexibility index (Phi) is 8.92. The molecular weight excluding hydrogens is 332 g/mol. The largest absolute Gasteiger partial charge is 0.491 e. The number of carbonyl (C=O) groups excluding carboxylic acids is 1. The summed E-state index contributed by atoms with van der Waals surface area (Å²) in [5.41, 5.74) is 0.566. The monoisotopic (exact) mass is 364 g/mol. The first kappa shape index (κ1) is 21.8. The van der Waals surface area contributed by atoms with Crippen LogP contribution < -0.4 is 20.7 Å². The van der Waals surface area contributed by atoms with Crippen LogP contribution in [0.2, 0.25) is 0 Å². The van der Waals surface area contributed by atoms with E-state index in [1.54, 1.807) is 7.11 Å². The van der Waals surface area contributed by atoms with Gasteiger partial charge in [-0.1, -0.05) is 0 Å². The van der Waals surface area contributed by atoms with Crippen LogP contribution in [0.25, 0.3) is 0 Å². The van der Waals surface area contributed by atoms with Crippen LogP contribution >= 0.6 is 0 Å². The predicted octanol–water partition coefficient (Wildman–Crippen LogP) is 2.39. The first-order valence-electron chi connectivity index (χ1n) is 8.81. The molecular formula is C19H32N4O3. The van der Waals surface area contributed by atoms with Crippen LogP contribution in [0.3, 0.4) is 0 Å². The van der Waals surface area contributed by atoms with Crippen LogP contribution in [0.5, 0.6) is 5.75 Å². The minimum absolute atomic E-state index is 0.0358. The molecule has 0 aliphatic rings. The number of rotatable bonds is 8. The Morgan fingerprint density at radius 2 is 1.85 bits per heavy atom. The van der Waals surface area contributed by atoms with Crippen molar-refractivity contribution in [1.29, 1.82) is 0 Å². The number of ether oxygens (including phenoxy) is 2. The van der Waals surface area contributed by atoms with Gasteiger partial charge in [-0.05, 0) is 58.9 Å². The lowest BCUT2D eigenvalue weighted by molar-refractivity contribution is -0.121. The molecule has 0 unspecified atom stereocenters. The van der Waals surface area contributed by atoms with Gasteiger partial charge in [-0.2, -0.15) is 0 Å². The van der Waals surface area contributed by atoms with Crippen molar-refractivity contribution in [3.63, 3.8) is 0 Å². The Morgan fingerprint density at radius 1 is 1.19 bits per heavy atom. The standard InChI is InChI=1S/C19H32N4O3/c1-14(2)26-16-9-7-15(8-10-16)22-18(20-11-12-25-6)21-13-17(24)23-19(3,4)5/h7-10,14H,11-13H2,1-6H3,(H,23,24)(H2,20,21,22). The van der Waals surface area contributed by atoms with E-state index in [2.05, 4.69) is 20.9 Å². The minimum Gasteiger partial charge on any atom is -0.491 e.